The van der Waals surface area contributed by atoms with Crippen molar-refractivity contribution >= 4 is 12.0 Å². The van der Waals surface area contributed by atoms with Crippen molar-refractivity contribution < 1.29 is 14.3 Å². The summed E-state index contributed by atoms with van der Waals surface area (Å²) >= 11 is 0. The molecule has 0 aliphatic carbocycles. The molecular formula is C22H24N2O3. The normalized spacial score (nSPS) is 20.1. The van der Waals surface area contributed by atoms with Crippen LogP contribution in [-0.2, 0) is 4.79 Å². The standard InChI is InChI=1S/C22H24N2O3/c1-16(18-5-3-2-4-6-18)24-12-11-19(14-24)23-22(25)10-8-17-7-9-20-21(13-17)27-15-26-20/h2-10,13,16,19H,11-12,14-15H2,1H3,(H,23,25)/b10-8+. The summed E-state index contributed by atoms with van der Waals surface area (Å²) in [6.45, 7) is 4.34. The van der Waals surface area contributed by atoms with Crippen LogP contribution in [-0.4, -0.2) is 36.7 Å². The van der Waals surface area contributed by atoms with E-state index in [0.29, 0.717) is 6.04 Å². The second-order valence-electron chi connectivity index (χ2n) is 7.02. The Hall–Kier alpha value is -2.79. The minimum atomic E-state index is -0.0631. The van der Waals surface area contributed by atoms with Gasteiger partial charge in [-0.1, -0.05) is 36.4 Å². The topological polar surface area (TPSA) is 50.8 Å². The average molecular weight is 364 g/mol. The Balaban J connectivity index is 1.30. The maximum atomic E-state index is 12.3. The van der Waals surface area contributed by atoms with E-state index in [1.54, 1.807) is 12.2 Å². The van der Waals surface area contributed by atoms with E-state index < -0.39 is 0 Å². The molecule has 140 valence electrons. The fraction of sp³-hybridized carbons (Fsp3) is 0.318. The van der Waals surface area contributed by atoms with Gasteiger partial charge >= 0.3 is 0 Å². The van der Waals surface area contributed by atoms with E-state index in [4.69, 9.17) is 9.47 Å². The van der Waals surface area contributed by atoms with Crippen LogP contribution in [0, 0.1) is 0 Å². The SMILES string of the molecule is CC(c1ccccc1)N1CCC(NC(=O)/C=C/c2ccc3c(c2)OCO3)C1. The molecule has 1 fully saturated rings. The van der Waals surface area contributed by atoms with Crippen LogP contribution in [0.1, 0.15) is 30.5 Å². The van der Waals surface area contributed by atoms with Crippen molar-refractivity contribution in [3.05, 3.63) is 65.7 Å². The minimum Gasteiger partial charge on any atom is -0.454 e. The molecule has 4 rings (SSSR count). The van der Waals surface area contributed by atoms with Crippen molar-refractivity contribution in [2.24, 2.45) is 0 Å². The minimum absolute atomic E-state index is 0.0631. The molecule has 2 aliphatic heterocycles. The molecule has 5 nitrogen and oxygen atoms in total. The zero-order chi connectivity index (χ0) is 18.6. The zero-order valence-electron chi connectivity index (χ0n) is 15.4. The van der Waals surface area contributed by atoms with Crippen molar-refractivity contribution in [1.29, 1.82) is 0 Å². The van der Waals surface area contributed by atoms with Crippen LogP contribution in [0.4, 0.5) is 0 Å². The maximum Gasteiger partial charge on any atom is 0.244 e. The monoisotopic (exact) mass is 364 g/mol. The van der Waals surface area contributed by atoms with Gasteiger partial charge in [0.2, 0.25) is 12.7 Å². The fourth-order valence-electron chi connectivity index (χ4n) is 3.64. The van der Waals surface area contributed by atoms with E-state index in [2.05, 4.69) is 41.4 Å². The highest BCUT2D eigenvalue weighted by atomic mass is 16.7. The summed E-state index contributed by atoms with van der Waals surface area (Å²) in [5.41, 5.74) is 2.23. The number of ether oxygens (including phenoxy) is 2. The van der Waals surface area contributed by atoms with Crippen LogP contribution < -0.4 is 14.8 Å². The maximum absolute atomic E-state index is 12.3. The first kappa shape index (κ1) is 17.6. The lowest BCUT2D eigenvalue weighted by molar-refractivity contribution is -0.117. The van der Waals surface area contributed by atoms with Gasteiger partial charge < -0.3 is 14.8 Å². The van der Waals surface area contributed by atoms with E-state index in [1.807, 2.05) is 24.3 Å². The first-order valence-electron chi connectivity index (χ1n) is 9.36. The lowest BCUT2D eigenvalue weighted by atomic mass is 10.1. The molecule has 0 bridgehead atoms. The predicted octanol–water partition coefficient (Wildman–Crippen LogP) is 3.38. The molecule has 1 amide bonds. The van der Waals surface area contributed by atoms with Gasteiger partial charge in [0.15, 0.2) is 11.5 Å². The molecule has 0 saturated carbocycles. The smallest absolute Gasteiger partial charge is 0.244 e. The predicted molar refractivity (Wildman–Crippen MR) is 105 cm³/mol. The summed E-state index contributed by atoms with van der Waals surface area (Å²) in [5.74, 6) is 1.40. The number of fused-ring (bicyclic) bond motifs is 1. The summed E-state index contributed by atoms with van der Waals surface area (Å²) in [6.07, 6.45) is 4.36. The van der Waals surface area contributed by atoms with Crippen molar-refractivity contribution in [1.82, 2.24) is 10.2 Å². The number of carbonyl (C=O) groups is 1. The molecule has 2 aliphatic rings. The molecular weight excluding hydrogens is 340 g/mol. The highest BCUT2D eigenvalue weighted by Gasteiger charge is 2.27. The van der Waals surface area contributed by atoms with Gasteiger partial charge in [-0.25, -0.2) is 0 Å². The summed E-state index contributed by atoms with van der Waals surface area (Å²) in [6, 6.07) is 16.7. The molecule has 2 aromatic carbocycles. The Kier molecular flexibility index (Phi) is 5.12. The molecule has 2 unspecified atom stereocenters. The highest BCUT2D eigenvalue weighted by Crippen LogP contribution is 2.32. The van der Waals surface area contributed by atoms with Gasteiger partial charge in [-0.05, 0) is 42.7 Å². The Morgan fingerprint density at radius 2 is 2.00 bits per heavy atom. The molecule has 2 heterocycles. The van der Waals surface area contributed by atoms with Crippen LogP contribution in [0.3, 0.4) is 0 Å². The quantitative estimate of drug-likeness (QED) is 0.827. The number of nitrogens with one attached hydrogen (secondary N) is 1. The van der Waals surface area contributed by atoms with Gasteiger partial charge in [-0.3, -0.25) is 9.69 Å². The third-order valence-corrected chi connectivity index (χ3v) is 5.22. The third kappa shape index (κ3) is 4.14. The second-order valence-corrected chi connectivity index (χ2v) is 7.02. The van der Waals surface area contributed by atoms with Crippen molar-refractivity contribution in [2.75, 3.05) is 19.9 Å². The first-order valence-corrected chi connectivity index (χ1v) is 9.36. The number of amides is 1. The van der Waals surface area contributed by atoms with E-state index in [-0.39, 0.29) is 18.7 Å². The summed E-state index contributed by atoms with van der Waals surface area (Å²) in [7, 11) is 0. The Bertz CT molecular complexity index is 835. The van der Waals surface area contributed by atoms with Gasteiger partial charge in [-0.15, -0.1) is 0 Å². The fourth-order valence-corrected chi connectivity index (χ4v) is 3.64. The number of carbonyl (C=O) groups excluding carboxylic acids is 1. The van der Waals surface area contributed by atoms with Crippen molar-refractivity contribution in [2.45, 2.75) is 25.4 Å². The number of nitrogens with zero attached hydrogens (tertiary/aromatic N) is 1. The van der Waals surface area contributed by atoms with Gasteiger partial charge in [0.05, 0.1) is 0 Å². The number of hydrogen-bond donors (Lipinski definition) is 1. The van der Waals surface area contributed by atoms with Crippen LogP contribution in [0.15, 0.2) is 54.6 Å². The molecule has 0 radical (unpaired) electrons. The average Bonchev–Trinajstić information content (AvgIpc) is 3.35. The Morgan fingerprint density at radius 3 is 2.85 bits per heavy atom. The zero-order valence-corrected chi connectivity index (χ0v) is 15.4. The lowest BCUT2D eigenvalue weighted by Gasteiger charge is -2.24. The molecule has 2 atom stereocenters. The van der Waals surface area contributed by atoms with E-state index >= 15 is 0 Å². The molecule has 5 heteroatoms. The van der Waals surface area contributed by atoms with Crippen LogP contribution >= 0.6 is 0 Å². The van der Waals surface area contributed by atoms with E-state index in [0.717, 1.165) is 36.6 Å². The molecule has 1 saturated heterocycles. The van der Waals surface area contributed by atoms with Crippen LogP contribution in [0.25, 0.3) is 6.08 Å². The van der Waals surface area contributed by atoms with Gasteiger partial charge in [0.1, 0.15) is 0 Å². The van der Waals surface area contributed by atoms with Gasteiger partial charge in [0.25, 0.3) is 0 Å². The number of likely N-dealkylation sites (tertiary alicyclic amines) is 1. The lowest BCUT2D eigenvalue weighted by Crippen LogP contribution is -2.36. The van der Waals surface area contributed by atoms with Gasteiger partial charge in [0, 0.05) is 31.2 Å². The number of hydrogen-bond acceptors (Lipinski definition) is 4. The second kappa shape index (κ2) is 7.84. The van der Waals surface area contributed by atoms with E-state index in [9.17, 15) is 4.79 Å². The summed E-state index contributed by atoms with van der Waals surface area (Å²) in [5, 5.41) is 3.11. The third-order valence-electron chi connectivity index (χ3n) is 5.22. The Morgan fingerprint density at radius 1 is 1.19 bits per heavy atom. The van der Waals surface area contributed by atoms with Gasteiger partial charge in [-0.2, -0.15) is 0 Å². The van der Waals surface area contributed by atoms with Crippen molar-refractivity contribution in [3.8, 4) is 11.5 Å². The van der Waals surface area contributed by atoms with E-state index in [1.165, 1.54) is 5.56 Å². The highest BCUT2D eigenvalue weighted by molar-refractivity contribution is 5.92. The first-order chi connectivity index (χ1) is 13.2. The summed E-state index contributed by atoms with van der Waals surface area (Å²) < 4.78 is 10.7. The molecule has 2 aromatic rings. The molecule has 0 spiro atoms. The van der Waals surface area contributed by atoms with Crippen LogP contribution in [0.2, 0.25) is 0 Å². The molecule has 27 heavy (non-hydrogen) atoms. The van der Waals surface area contributed by atoms with Crippen molar-refractivity contribution in [3.63, 3.8) is 0 Å². The number of rotatable bonds is 5. The number of benzene rings is 2. The van der Waals surface area contributed by atoms with Crippen LogP contribution in [0.5, 0.6) is 11.5 Å². The summed E-state index contributed by atoms with van der Waals surface area (Å²) in [4.78, 5) is 14.7. The Labute approximate surface area is 159 Å². The largest absolute Gasteiger partial charge is 0.454 e. The molecule has 0 aromatic heterocycles. The molecule has 1 N–H and O–H groups in total.